The van der Waals surface area contributed by atoms with Crippen molar-refractivity contribution in [1.82, 2.24) is 4.98 Å². The number of carboxylic acids is 1. The predicted molar refractivity (Wildman–Crippen MR) is 63.2 cm³/mol. The summed E-state index contributed by atoms with van der Waals surface area (Å²) in [5.41, 5.74) is 1.24. The van der Waals surface area contributed by atoms with Gasteiger partial charge in [-0.3, -0.25) is 0 Å². The summed E-state index contributed by atoms with van der Waals surface area (Å²) in [6, 6.07) is 3.26. The fourth-order valence-corrected chi connectivity index (χ4v) is 1.76. The summed E-state index contributed by atoms with van der Waals surface area (Å²) in [4.78, 5) is 16.9. The van der Waals surface area contributed by atoms with Gasteiger partial charge in [0, 0.05) is 19.3 Å². The van der Waals surface area contributed by atoms with Crippen LogP contribution in [0.1, 0.15) is 16.8 Å². The predicted octanol–water partition coefficient (Wildman–Crippen LogP) is 0.909. The number of carbonyl (C=O) groups is 1. The average Bonchev–Trinajstić information content (AvgIpc) is 2.39. The van der Waals surface area contributed by atoms with Crippen LogP contribution in [-0.2, 0) is 0 Å². The number of aromatic carboxylic acids is 1. The zero-order chi connectivity index (χ0) is 12.3. The number of hydrogen-bond donors (Lipinski definition) is 2. The van der Waals surface area contributed by atoms with E-state index in [0.717, 1.165) is 24.4 Å². The first-order chi connectivity index (χ1) is 8.20. The Morgan fingerprint density at radius 3 is 2.76 bits per heavy atom. The molecule has 1 aromatic rings. The van der Waals surface area contributed by atoms with Crippen molar-refractivity contribution >= 4 is 11.8 Å². The van der Waals surface area contributed by atoms with Crippen LogP contribution in [-0.4, -0.2) is 40.9 Å². The molecule has 0 aliphatic carbocycles. The lowest BCUT2D eigenvalue weighted by atomic mass is 10.1. The monoisotopic (exact) mass is 234 g/mol. The third-order valence-electron chi connectivity index (χ3n) is 2.83. The van der Waals surface area contributed by atoms with Crippen LogP contribution >= 0.6 is 0 Å². The fraction of sp³-hybridized carbons (Fsp3) is 0.333. The van der Waals surface area contributed by atoms with Crippen molar-refractivity contribution in [3.05, 3.63) is 35.5 Å². The van der Waals surface area contributed by atoms with E-state index in [1.807, 2.05) is 11.0 Å². The van der Waals surface area contributed by atoms with Crippen molar-refractivity contribution in [3.63, 3.8) is 0 Å². The van der Waals surface area contributed by atoms with Crippen molar-refractivity contribution < 1.29 is 15.0 Å². The van der Waals surface area contributed by atoms with E-state index in [9.17, 15) is 4.79 Å². The van der Waals surface area contributed by atoms with Gasteiger partial charge in [0.15, 0.2) is 0 Å². The lowest BCUT2D eigenvalue weighted by Gasteiger charge is -2.26. The van der Waals surface area contributed by atoms with Crippen molar-refractivity contribution in [2.75, 3.05) is 24.6 Å². The van der Waals surface area contributed by atoms with E-state index < -0.39 is 5.97 Å². The highest BCUT2D eigenvalue weighted by atomic mass is 16.4. The first kappa shape index (κ1) is 11.6. The van der Waals surface area contributed by atoms with Gasteiger partial charge in [0.25, 0.3) is 0 Å². The van der Waals surface area contributed by atoms with Gasteiger partial charge < -0.3 is 15.1 Å². The Balaban J connectivity index is 2.09. The molecule has 5 heteroatoms. The van der Waals surface area contributed by atoms with E-state index in [2.05, 4.69) is 4.98 Å². The molecule has 2 N–H and O–H groups in total. The van der Waals surface area contributed by atoms with Crippen molar-refractivity contribution in [3.8, 4) is 0 Å². The van der Waals surface area contributed by atoms with Crippen LogP contribution in [0.2, 0.25) is 0 Å². The van der Waals surface area contributed by atoms with E-state index in [0.29, 0.717) is 6.54 Å². The van der Waals surface area contributed by atoms with Gasteiger partial charge in [0.05, 0.1) is 12.2 Å². The maximum Gasteiger partial charge on any atom is 0.337 e. The summed E-state index contributed by atoms with van der Waals surface area (Å²) in [5, 5.41) is 17.7. The Morgan fingerprint density at radius 1 is 1.47 bits per heavy atom. The number of hydrogen-bond acceptors (Lipinski definition) is 4. The zero-order valence-corrected chi connectivity index (χ0v) is 9.33. The second-order valence-corrected chi connectivity index (χ2v) is 3.93. The standard InChI is InChI=1S/C12H14N2O3/c15-8-9-3-5-14(6-4-9)11-2-1-10(7-13-11)12(16)17/h1-3,7,15H,4-6,8H2,(H,16,17). The molecule has 0 radical (unpaired) electrons. The molecule has 0 spiro atoms. The molecule has 0 atom stereocenters. The summed E-state index contributed by atoms with van der Waals surface area (Å²) < 4.78 is 0. The molecule has 17 heavy (non-hydrogen) atoms. The number of rotatable bonds is 3. The van der Waals surface area contributed by atoms with Gasteiger partial charge in [-0.1, -0.05) is 6.08 Å². The Labute approximate surface area is 99.0 Å². The first-order valence-electron chi connectivity index (χ1n) is 5.44. The number of carboxylic acid groups (broad SMARTS) is 1. The van der Waals surface area contributed by atoms with E-state index >= 15 is 0 Å². The summed E-state index contributed by atoms with van der Waals surface area (Å²) in [5.74, 6) is -0.201. The van der Waals surface area contributed by atoms with Crippen LogP contribution in [0.15, 0.2) is 30.0 Å². The lowest BCUT2D eigenvalue weighted by Crippen LogP contribution is -2.29. The molecule has 0 amide bonds. The van der Waals surface area contributed by atoms with E-state index in [4.69, 9.17) is 10.2 Å². The van der Waals surface area contributed by atoms with Gasteiger partial charge in [-0.05, 0) is 24.1 Å². The van der Waals surface area contributed by atoms with E-state index in [1.165, 1.54) is 6.20 Å². The molecule has 0 saturated heterocycles. The number of nitrogens with zero attached hydrogens (tertiary/aromatic N) is 2. The third kappa shape index (κ3) is 2.62. The van der Waals surface area contributed by atoms with Crippen LogP contribution in [0.25, 0.3) is 0 Å². The Kier molecular flexibility index (Phi) is 3.39. The molecular formula is C12H14N2O3. The van der Waals surface area contributed by atoms with Gasteiger partial charge in [-0.25, -0.2) is 9.78 Å². The second kappa shape index (κ2) is 4.97. The van der Waals surface area contributed by atoms with Gasteiger partial charge in [-0.15, -0.1) is 0 Å². The summed E-state index contributed by atoms with van der Waals surface area (Å²) in [7, 11) is 0. The molecule has 0 bridgehead atoms. The number of pyridine rings is 1. The van der Waals surface area contributed by atoms with Crippen LogP contribution in [0, 0.1) is 0 Å². The maximum atomic E-state index is 10.7. The lowest BCUT2D eigenvalue weighted by molar-refractivity contribution is 0.0696. The fourth-order valence-electron chi connectivity index (χ4n) is 1.76. The maximum absolute atomic E-state index is 10.7. The molecule has 0 unspecified atom stereocenters. The Morgan fingerprint density at radius 2 is 2.29 bits per heavy atom. The molecule has 1 aliphatic rings. The summed E-state index contributed by atoms with van der Waals surface area (Å²) >= 11 is 0. The molecule has 2 rings (SSSR count). The molecule has 1 aromatic heterocycles. The van der Waals surface area contributed by atoms with Gasteiger partial charge in [0.1, 0.15) is 5.82 Å². The number of aromatic nitrogens is 1. The van der Waals surface area contributed by atoms with E-state index in [-0.39, 0.29) is 12.2 Å². The van der Waals surface area contributed by atoms with Gasteiger partial charge >= 0.3 is 5.97 Å². The molecule has 90 valence electrons. The Bertz CT molecular complexity index is 440. The molecule has 2 heterocycles. The van der Waals surface area contributed by atoms with Crippen LogP contribution in [0.5, 0.6) is 0 Å². The summed E-state index contributed by atoms with van der Waals surface area (Å²) in [6.07, 6.45) is 4.16. The normalized spacial score (nSPS) is 15.6. The highest BCUT2D eigenvalue weighted by Crippen LogP contribution is 2.17. The minimum absolute atomic E-state index is 0.110. The number of aliphatic hydroxyl groups excluding tert-OH is 1. The van der Waals surface area contributed by atoms with Crippen LogP contribution < -0.4 is 4.90 Å². The molecule has 1 aliphatic heterocycles. The summed E-state index contributed by atoms with van der Waals surface area (Å²) in [6.45, 7) is 1.61. The van der Waals surface area contributed by atoms with Crippen LogP contribution in [0.3, 0.4) is 0 Å². The van der Waals surface area contributed by atoms with Gasteiger partial charge in [-0.2, -0.15) is 0 Å². The highest BCUT2D eigenvalue weighted by Gasteiger charge is 2.13. The zero-order valence-electron chi connectivity index (χ0n) is 9.33. The SMILES string of the molecule is O=C(O)c1ccc(N2CC=C(CO)CC2)nc1. The molecule has 5 nitrogen and oxygen atoms in total. The topological polar surface area (TPSA) is 73.7 Å². The average molecular weight is 234 g/mol. The second-order valence-electron chi connectivity index (χ2n) is 3.93. The quantitative estimate of drug-likeness (QED) is 0.760. The Hall–Kier alpha value is -1.88. The minimum atomic E-state index is -0.967. The van der Waals surface area contributed by atoms with Gasteiger partial charge in [0.2, 0.25) is 0 Å². The molecule has 0 fully saturated rings. The van der Waals surface area contributed by atoms with Crippen molar-refractivity contribution in [2.45, 2.75) is 6.42 Å². The first-order valence-corrected chi connectivity index (χ1v) is 5.44. The number of anilines is 1. The van der Waals surface area contributed by atoms with Crippen molar-refractivity contribution in [1.29, 1.82) is 0 Å². The van der Waals surface area contributed by atoms with Crippen LogP contribution in [0.4, 0.5) is 5.82 Å². The smallest absolute Gasteiger partial charge is 0.337 e. The number of aliphatic hydroxyl groups is 1. The molecular weight excluding hydrogens is 220 g/mol. The van der Waals surface area contributed by atoms with Crippen molar-refractivity contribution in [2.24, 2.45) is 0 Å². The largest absolute Gasteiger partial charge is 0.478 e. The minimum Gasteiger partial charge on any atom is -0.478 e. The third-order valence-corrected chi connectivity index (χ3v) is 2.83. The van der Waals surface area contributed by atoms with E-state index in [1.54, 1.807) is 12.1 Å². The highest BCUT2D eigenvalue weighted by molar-refractivity contribution is 5.87. The molecule has 0 aromatic carbocycles. The molecule has 0 saturated carbocycles.